The van der Waals surface area contributed by atoms with Crippen LogP contribution in [0.2, 0.25) is 4.34 Å². The van der Waals surface area contributed by atoms with E-state index in [1.165, 1.54) is 50.2 Å². The van der Waals surface area contributed by atoms with Crippen molar-refractivity contribution in [3.8, 4) is 0 Å². The maximum absolute atomic E-state index is 6.04. The third-order valence-corrected chi connectivity index (χ3v) is 4.90. The molecule has 0 spiro atoms. The van der Waals surface area contributed by atoms with Crippen LogP contribution >= 0.6 is 23.1 Å². The molecule has 5 heteroatoms. The average molecular weight is 258 g/mol. The van der Waals surface area contributed by atoms with E-state index < -0.39 is 0 Å². The number of halogens is 1. The minimum Gasteiger partial charge on any atom is -0.294 e. The molecule has 1 saturated heterocycles. The summed E-state index contributed by atoms with van der Waals surface area (Å²) in [6, 6.07) is 0.792. The fourth-order valence-corrected chi connectivity index (χ4v) is 3.63. The van der Waals surface area contributed by atoms with Crippen molar-refractivity contribution >= 4 is 23.1 Å². The van der Waals surface area contributed by atoms with Gasteiger partial charge in [-0.05, 0) is 18.8 Å². The number of fused-ring (bicyclic) bond motifs is 1. The van der Waals surface area contributed by atoms with E-state index >= 15 is 0 Å². The Balaban J connectivity index is 1.63. The van der Waals surface area contributed by atoms with Crippen molar-refractivity contribution in [2.45, 2.75) is 44.7 Å². The number of hydrogen-bond donors (Lipinski definition) is 0. The van der Waals surface area contributed by atoms with Gasteiger partial charge in [-0.15, -0.1) is 5.10 Å². The van der Waals surface area contributed by atoms with Crippen molar-refractivity contribution < 1.29 is 0 Å². The van der Waals surface area contributed by atoms with E-state index in [0.29, 0.717) is 0 Å². The van der Waals surface area contributed by atoms with Gasteiger partial charge in [0.25, 0.3) is 0 Å². The standard InChI is InChI=1S/C11H16ClN3S/c12-11-9(13-14-16-11)7-15-6-8-4-2-1-3-5-10(8)15/h8,10H,1-7H2/t8-,10+/m1/s1. The average Bonchev–Trinajstić information content (AvgIpc) is 2.55. The highest BCUT2D eigenvalue weighted by Gasteiger charge is 2.39. The Labute approximate surface area is 105 Å². The molecule has 0 radical (unpaired) electrons. The Bertz CT molecular complexity index is 368. The van der Waals surface area contributed by atoms with Gasteiger partial charge < -0.3 is 0 Å². The van der Waals surface area contributed by atoms with E-state index in [9.17, 15) is 0 Å². The smallest absolute Gasteiger partial charge is 0.138 e. The van der Waals surface area contributed by atoms with E-state index in [-0.39, 0.29) is 0 Å². The molecular formula is C11H16ClN3S. The van der Waals surface area contributed by atoms with Gasteiger partial charge in [-0.25, -0.2) is 0 Å². The van der Waals surface area contributed by atoms with Gasteiger partial charge in [0.15, 0.2) is 0 Å². The third-order valence-electron chi connectivity index (χ3n) is 3.92. The van der Waals surface area contributed by atoms with Crippen molar-refractivity contribution in [1.29, 1.82) is 0 Å². The van der Waals surface area contributed by atoms with Gasteiger partial charge in [-0.1, -0.05) is 35.4 Å². The second-order valence-corrected chi connectivity index (χ2v) is 6.24. The fraction of sp³-hybridized carbons (Fsp3) is 0.818. The first-order chi connectivity index (χ1) is 7.84. The van der Waals surface area contributed by atoms with Crippen molar-refractivity contribution in [2.75, 3.05) is 6.54 Å². The zero-order valence-electron chi connectivity index (χ0n) is 9.23. The summed E-state index contributed by atoms with van der Waals surface area (Å²) in [5.41, 5.74) is 0.967. The lowest BCUT2D eigenvalue weighted by molar-refractivity contribution is 0.00205. The molecule has 0 amide bonds. The van der Waals surface area contributed by atoms with E-state index in [4.69, 9.17) is 11.6 Å². The van der Waals surface area contributed by atoms with Gasteiger partial charge in [0.05, 0.1) is 0 Å². The van der Waals surface area contributed by atoms with Gasteiger partial charge in [0.1, 0.15) is 10.0 Å². The zero-order chi connectivity index (χ0) is 11.0. The predicted molar refractivity (Wildman–Crippen MR) is 65.7 cm³/mol. The Morgan fingerprint density at radius 1 is 1.31 bits per heavy atom. The SMILES string of the molecule is Clc1snnc1CN1C[C@H]2CCCCC[C@@H]21. The molecule has 1 aromatic rings. The monoisotopic (exact) mass is 257 g/mol. The molecule has 0 N–H and O–H groups in total. The predicted octanol–water partition coefficient (Wildman–Crippen LogP) is 2.96. The number of nitrogens with zero attached hydrogens (tertiary/aromatic N) is 3. The molecule has 0 bridgehead atoms. The lowest BCUT2D eigenvalue weighted by Gasteiger charge is -2.47. The summed E-state index contributed by atoms with van der Waals surface area (Å²) in [7, 11) is 0. The number of likely N-dealkylation sites (tertiary alicyclic amines) is 1. The first kappa shape index (κ1) is 10.9. The lowest BCUT2D eigenvalue weighted by Crippen LogP contribution is -2.54. The summed E-state index contributed by atoms with van der Waals surface area (Å²) in [5.74, 6) is 0.938. The van der Waals surface area contributed by atoms with Crippen LogP contribution in [0.15, 0.2) is 0 Å². The molecule has 2 atom stereocenters. The van der Waals surface area contributed by atoms with E-state index in [0.717, 1.165) is 28.5 Å². The highest BCUT2D eigenvalue weighted by molar-refractivity contribution is 7.10. The second kappa shape index (κ2) is 4.59. The summed E-state index contributed by atoms with van der Waals surface area (Å²) >= 11 is 7.33. The first-order valence-corrected chi connectivity index (χ1v) is 7.20. The van der Waals surface area contributed by atoms with Crippen LogP contribution < -0.4 is 0 Å². The van der Waals surface area contributed by atoms with Gasteiger partial charge in [0.2, 0.25) is 0 Å². The largest absolute Gasteiger partial charge is 0.294 e. The van der Waals surface area contributed by atoms with Crippen LogP contribution in [0.25, 0.3) is 0 Å². The van der Waals surface area contributed by atoms with Crippen LogP contribution in [0.5, 0.6) is 0 Å². The molecule has 1 aliphatic heterocycles. The molecule has 1 aromatic heterocycles. The number of rotatable bonds is 2. The van der Waals surface area contributed by atoms with Crippen LogP contribution in [0.1, 0.15) is 37.8 Å². The van der Waals surface area contributed by atoms with E-state index in [1.807, 2.05) is 0 Å². The van der Waals surface area contributed by atoms with Crippen molar-refractivity contribution in [2.24, 2.45) is 5.92 Å². The number of aromatic nitrogens is 2. The quantitative estimate of drug-likeness (QED) is 0.816. The molecule has 1 saturated carbocycles. The summed E-state index contributed by atoms with van der Waals surface area (Å²) in [6.45, 7) is 2.13. The number of hydrogen-bond acceptors (Lipinski definition) is 4. The topological polar surface area (TPSA) is 29.0 Å². The Hall–Kier alpha value is -0.190. The summed E-state index contributed by atoms with van der Waals surface area (Å²) in [4.78, 5) is 2.53. The van der Waals surface area contributed by atoms with E-state index in [1.54, 1.807) is 0 Å². The molecule has 0 unspecified atom stereocenters. The highest BCUT2D eigenvalue weighted by Crippen LogP contribution is 2.37. The van der Waals surface area contributed by atoms with Crippen LogP contribution in [0.3, 0.4) is 0 Å². The Morgan fingerprint density at radius 3 is 3.00 bits per heavy atom. The molecule has 3 nitrogen and oxygen atoms in total. The van der Waals surface area contributed by atoms with Gasteiger partial charge in [-0.2, -0.15) is 0 Å². The molecule has 3 rings (SSSR count). The molecule has 1 aliphatic carbocycles. The molecule has 16 heavy (non-hydrogen) atoms. The van der Waals surface area contributed by atoms with Crippen LogP contribution in [0.4, 0.5) is 0 Å². The van der Waals surface area contributed by atoms with Crippen molar-refractivity contribution in [1.82, 2.24) is 14.5 Å². The van der Waals surface area contributed by atoms with Crippen LogP contribution in [-0.4, -0.2) is 27.1 Å². The van der Waals surface area contributed by atoms with Crippen molar-refractivity contribution in [3.05, 3.63) is 10.0 Å². The van der Waals surface area contributed by atoms with Crippen LogP contribution in [0, 0.1) is 5.92 Å². The molecule has 2 aliphatic rings. The molecule has 88 valence electrons. The second-order valence-electron chi connectivity index (χ2n) is 4.89. The maximum atomic E-state index is 6.04. The molecular weight excluding hydrogens is 242 g/mol. The summed E-state index contributed by atoms with van der Waals surface area (Å²) in [6.07, 6.45) is 7.01. The Kier molecular flexibility index (Phi) is 3.14. The third kappa shape index (κ3) is 1.98. The normalized spacial score (nSPS) is 30.6. The fourth-order valence-electron chi connectivity index (χ4n) is 3.02. The summed E-state index contributed by atoms with van der Waals surface area (Å²) < 4.78 is 4.65. The Morgan fingerprint density at radius 2 is 2.19 bits per heavy atom. The van der Waals surface area contributed by atoms with Gasteiger partial charge >= 0.3 is 0 Å². The van der Waals surface area contributed by atoms with Gasteiger partial charge in [-0.3, -0.25) is 4.90 Å². The highest BCUT2D eigenvalue weighted by atomic mass is 35.5. The summed E-state index contributed by atoms with van der Waals surface area (Å²) in [5, 5.41) is 4.09. The first-order valence-electron chi connectivity index (χ1n) is 6.05. The zero-order valence-corrected chi connectivity index (χ0v) is 10.8. The molecule has 0 aromatic carbocycles. The molecule has 2 fully saturated rings. The van der Waals surface area contributed by atoms with Crippen molar-refractivity contribution in [3.63, 3.8) is 0 Å². The maximum Gasteiger partial charge on any atom is 0.138 e. The van der Waals surface area contributed by atoms with E-state index in [2.05, 4.69) is 14.5 Å². The van der Waals surface area contributed by atoms with Crippen LogP contribution in [-0.2, 0) is 6.54 Å². The molecule has 2 heterocycles. The minimum atomic E-state index is 0.761. The van der Waals surface area contributed by atoms with Gasteiger partial charge in [0, 0.05) is 30.7 Å². The minimum absolute atomic E-state index is 0.761. The lowest BCUT2D eigenvalue weighted by atomic mass is 9.84.